The van der Waals surface area contributed by atoms with Gasteiger partial charge in [-0.15, -0.1) is 0 Å². The van der Waals surface area contributed by atoms with Crippen LogP contribution in [0.4, 0.5) is 0 Å². The van der Waals surface area contributed by atoms with Gasteiger partial charge >= 0.3 is 0 Å². The van der Waals surface area contributed by atoms with E-state index in [1.807, 2.05) is 0 Å². The predicted molar refractivity (Wildman–Crippen MR) is 63.7 cm³/mol. The van der Waals surface area contributed by atoms with E-state index < -0.39 is 0 Å². The van der Waals surface area contributed by atoms with E-state index in [1.54, 1.807) is 7.11 Å². The van der Waals surface area contributed by atoms with E-state index in [-0.39, 0.29) is 6.10 Å². The molecule has 0 amide bonds. The molecular weight excluding hydrogens is 206 g/mol. The van der Waals surface area contributed by atoms with Crippen LogP contribution in [0.15, 0.2) is 0 Å². The lowest BCUT2D eigenvalue weighted by Gasteiger charge is -2.20. The molecule has 3 atom stereocenters. The van der Waals surface area contributed by atoms with E-state index in [0.29, 0.717) is 12.1 Å². The molecule has 3 unspecified atom stereocenters. The average Bonchev–Trinajstić information content (AvgIpc) is 2.80. The minimum atomic E-state index is 0.254. The summed E-state index contributed by atoms with van der Waals surface area (Å²) in [7, 11) is 1.74. The zero-order valence-corrected chi connectivity index (χ0v) is 10.7. The van der Waals surface area contributed by atoms with Crippen molar-refractivity contribution in [1.29, 1.82) is 0 Å². The molecule has 4 heteroatoms. The van der Waals surface area contributed by atoms with E-state index in [2.05, 4.69) is 19.2 Å². The van der Waals surface area contributed by atoms with Gasteiger partial charge in [-0.25, -0.2) is 0 Å². The van der Waals surface area contributed by atoms with Crippen LogP contribution in [0.1, 0.15) is 26.7 Å². The standard InChI is InChI=1S/C12H25NO3/c1-10(11(2)14-3)13-6-4-7-16-12-5-8-15-9-12/h10-13H,4-9H2,1-3H3. The Hall–Kier alpha value is -0.160. The van der Waals surface area contributed by atoms with Crippen LogP contribution in [0.3, 0.4) is 0 Å². The van der Waals surface area contributed by atoms with Gasteiger partial charge in [0.25, 0.3) is 0 Å². The van der Waals surface area contributed by atoms with Crippen molar-refractivity contribution in [2.45, 2.75) is 44.9 Å². The fourth-order valence-electron chi connectivity index (χ4n) is 1.67. The second kappa shape index (κ2) is 8.01. The van der Waals surface area contributed by atoms with Gasteiger partial charge in [-0.05, 0) is 33.2 Å². The Labute approximate surface area is 98.6 Å². The first kappa shape index (κ1) is 13.9. The summed E-state index contributed by atoms with van der Waals surface area (Å²) in [6.07, 6.45) is 2.67. The summed E-state index contributed by atoms with van der Waals surface area (Å²) in [6.45, 7) is 7.62. The van der Waals surface area contributed by atoms with Gasteiger partial charge in [0.15, 0.2) is 0 Å². The van der Waals surface area contributed by atoms with Gasteiger partial charge in [0.1, 0.15) is 0 Å². The molecule has 16 heavy (non-hydrogen) atoms. The number of hydrogen-bond donors (Lipinski definition) is 1. The molecule has 0 bridgehead atoms. The van der Waals surface area contributed by atoms with Gasteiger partial charge in [0.05, 0.1) is 18.8 Å². The summed E-state index contributed by atoms with van der Waals surface area (Å²) >= 11 is 0. The molecule has 0 aromatic rings. The van der Waals surface area contributed by atoms with Crippen LogP contribution in [0.5, 0.6) is 0 Å². The third-order valence-electron chi connectivity index (χ3n) is 3.10. The van der Waals surface area contributed by atoms with Crippen LogP contribution in [-0.4, -0.2) is 51.7 Å². The van der Waals surface area contributed by atoms with Crippen molar-refractivity contribution in [3.8, 4) is 0 Å². The van der Waals surface area contributed by atoms with Crippen LogP contribution in [0, 0.1) is 0 Å². The fraction of sp³-hybridized carbons (Fsp3) is 1.00. The maximum absolute atomic E-state index is 5.68. The van der Waals surface area contributed by atoms with Gasteiger partial charge in [-0.3, -0.25) is 0 Å². The molecule has 1 rings (SSSR count). The third kappa shape index (κ3) is 5.25. The van der Waals surface area contributed by atoms with Gasteiger partial charge < -0.3 is 19.5 Å². The molecule has 1 heterocycles. The Kier molecular flexibility index (Phi) is 6.96. The first-order valence-electron chi connectivity index (χ1n) is 6.19. The Morgan fingerprint density at radius 3 is 2.88 bits per heavy atom. The van der Waals surface area contributed by atoms with Crippen molar-refractivity contribution in [3.63, 3.8) is 0 Å². The molecule has 0 radical (unpaired) electrons. The maximum Gasteiger partial charge on any atom is 0.0830 e. The number of hydrogen-bond acceptors (Lipinski definition) is 4. The molecule has 0 aromatic carbocycles. The quantitative estimate of drug-likeness (QED) is 0.637. The van der Waals surface area contributed by atoms with Gasteiger partial charge in [-0.2, -0.15) is 0 Å². The fourth-order valence-corrected chi connectivity index (χ4v) is 1.67. The van der Waals surface area contributed by atoms with E-state index in [0.717, 1.165) is 39.2 Å². The molecule has 1 saturated heterocycles. The van der Waals surface area contributed by atoms with Crippen molar-refractivity contribution in [3.05, 3.63) is 0 Å². The van der Waals surface area contributed by atoms with Gasteiger partial charge in [0, 0.05) is 26.4 Å². The second-order valence-electron chi connectivity index (χ2n) is 4.39. The molecule has 0 aromatic heterocycles. The largest absolute Gasteiger partial charge is 0.380 e. The normalized spacial score (nSPS) is 24.6. The topological polar surface area (TPSA) is 39.7 Å². The summed E-state index contributed by atoms with van der Waals surface area (Å²) in [4.78, 5) is 0. The van der Waals surface area contributed by atoms with Gasteiger partial charge in [0.2, 0.25) is 0 Å². The molecule has 0 aliphatic carbocycles. The summed E-state index contributed by atoms with van der Waals surface area (Å²) in [5.74, 6) is 0. The van der Waals surface area contributed by atoms with Crippen molar-refractivity contribution in [2.75, 3.05) is 33.5 Å². The highest BCUT2D eigenvalue weighted by atomic mass is 16.5. The monoisotopic (exact) mass is 231 g/mol. The molecule has 96 valence electrons. The highest BCUT2D eigenvalue weighted by Crippen LogP contribution is 2.07. The highest BCUT2D eigenvalue weighted by molar-refractivity contribution is 4.68. The molecule has 4 nitrogen and oxygen atoms in total. The van der Waals surface area contributed by atoms with Gasteiger partial charge in [-0.1, -0.05) is 0 Å². The molecule has 1 N–H and O–H groups in total. The van der Waals surface area contributed by atoms with E-state index in [4.69, 9.17) is 14.2 Å². The first-order valence-corrected chi connectivity index (χ1v) is 6.19. The minimum absolute atomic E-state index is 0.254. The van der Waals surface area contributed by atoms with Crippen molar-refractivity contribution < 1.29 is 14.2 Å². The summed E-state index contributed by atoms with van der Waals surface area (Å²) in [5.41, 5.74) is 0. The van der Waals surface area contributed by atoms with Crippen molar-refractivity contribution in [2.24, 2.45) is 0 Å². The van der Waals surface area contributed by atoms with Crippen molar-refractivity contribution >= 4 is 0 Å². The van der Waals surface area contributed by atoms with Crippen LogP contribution >= 0.6 is 0 Å². The van der Waals surface area contributed by atoms with Crippen LogP contribution in [0.2, 0.25) is 0 Å². The lowest BCUT2D eigenvalue weighted by atomic mass is 10.2. The maximum atomic E-state index is 5.68. The minimum Gasteiger partial charge on any atom is -0.380 e. The van der Waals surface area contributed by atoms with E-state index in [9.17, 15) is 0 Å². The van der Waals surface area contributed by atoms with Crippen LogP contribution in [0.25, 0.3) is 0 Å². The molecule has 1 aliphatic rings. The SMILES string of the molecule is COC(C)C(C)NCCCOC1CCOC1. The summed E-state index contributed by atoms with van der Waals surface area (Å²) in [6, 6.07) is 0.389. The summed E-state index contributed by atoms with van der Waals surface area (Å²) in [5, 5.41) is 3.42. The van der Waals surface area contributed by atoms with Crippen molar-refractivity contribution in [1.82, 2.24) is 5.32 Å². The second-order valence-corrected chi connectivity index (χ2v) is 4.39. The average molecular weight is 231 g/mol. The number of rotatable bonds is 8. The lowest BCUT2D eigenvalue weighted by molar-refractivity contribution is 0.0399. The number of ether oxygens (including phenoxy) is 3. The zero-order chi connectivity index (χ0) is 11.8. The molecule has 1 aliphatic heterocycles. The lowest BCUT2D eigenvalue weighted by Crippen LogP contribution is -2.37. The Morgan fingerprint density at radius 1 is 1.44 bits per heavy atom. The third-order valence-corrected chi connectivity index (χ3v) is 3.10. The smallest absolute Gasteiger partial charge is 0.0830 e. The Balaban J connectivity index is 1.91. The predicted octanol–water partition coefficient (Wildman–Crippen LogP) is 1.19. The molecular formula is C12H25NO3. The summed E-state index contributed by atoms with van der Waals surface area (Å²) < 4.78 is 16.2. The number of nitrogens with one attached hydrogen (secondary N) is 1. The highest BCUT2D eigenvalue weighted by Gasteiger charge is 2.15. The Morgan fingerprint density at radius 2 is 2.25 bits per heavy atom. The van der Waals surface area contributed by atoms with E-state index >= 15 is 0 Å². The number of methoxy groups -OCH3 is 1. The first-order chi connectivity index (χ1) is 7.74. The molecule has 1 fully saturated rings. The molecule has 0 spiro atoms. The zero-order valence-electron chi connectivity index (χ0n) is 10.7. The van der Waals surface area contributed by atoms with Crippen LogP contribution < -0.4 is 5.32 Å². The van der Waals surface area contributed by atoms with Crippen LogP contribution in [-0.2, 0) is 14.2 Å². The molecule has 0 saturated carbocycles. The van der Waals surface area contributed by atoms with E-state index in [1.165, 1.54) is 0 Å². The Bertz CT molecular complexity index is 172.